The zero-order valence-electron chi connectivity index (χ0n) is 13.7. The zero-order valence-corrected chi connectivity index (χ0v) is 13.7. The maximum absolute atomic E-state index is 13.8. The van der Waals surface area contributed by atoms with E-state index in [0.29, 0.717) is 6.08 Å². The van der Waals surface area contributed by atoms with E-state index < -0.39 is 59.3 Å². The molecule has 0 bridgehead atoms. The van der Waals surface area contributed by atoms with Gasteiger partial charge in [0.15, 0.2) is 11.6 Å². The number of hydrogen-bond donors (Lipinski definition) is 0. The van der Waals surface area contributed by atoms with Gasteiger partial charge in [0.2, 0.25) is 5.82 Å². The van der Waals surface area contributed by atoms with E-state index in [1.54, 1.807) is 0 Å². The number of rotatable bonds is 5. The summed E-state index contributed by atoms with van der Waals surface area (Å²) in [6, 6.07) is 1.76. The molecule has 0 fully saturated rings. The fourth-order valence-electron chi connectivity index (χ4n) is 2.32. The number of aryl methyl sites for hydroxylation is 1. The Morgan fingerprint density at radius 2 is 1.54 bits per heavy atom. The highest BCUT2D eigenvalue weighted by Crippen LogP contribution is 2.48. The Kier molecular flexibility index (Phi) is 5.13. The molecule has 2 rings (SSSR count). The summed E-state index contributed by atoms with van der Waals surface area (Å²) in [4.78, 5) is 0. The molecule has 9 heteroatoms. The molecule has 1 aromatic rings. The van der Waals surface area contributed by atoms with Crippen LogP contribution < -0.4 is 4.74 Å². The fourth-order valence-corrected chi connectivity index (χ4v) is 2.32. The second kappa shape index (κ2) is 6.59. The first-order valence-corrected chi connectivity index (χ1v) is 7.45. The van der Waals surface area contributed by atoms with E-state index in [1.807, 2.05) is 0 Å². The molecule has 0 aliphatic heterocycles. The third-order valence-electron chi connectivity index (χ3n) is 4.01. The van der Waals surface area contributed by atoms with Crippen LogP contribution >= 0.6 is 0 Å². The van der Waals surface area contributed by atoms with Crippen molar-refractivity contribution in [1.82, 2.24) is 0 Å². The van der Waals surface area contributed by atoms with Gasteiger partial charge in [0.05, 0.1) is 6.42 Å². The average Bonchev–Trinajstić information content (AvgIpc) is 2.53. The summed E-state index contributed by atoms with van der Waals surface area (Å²) >= 11 is 0. The Bertz CT molecular complexity index is 764. The lowest BCUT2D eigenvalue weighted by Crippen LogP contribution is -2.45. The second-order valence-electron chi connectivity index (χ2n) is 5.94. The molecule has 1 nitrogen and oxygen atoms in total. The Labute approximate surface area is 143 Å². The highest BCUT2D eigenvalue weighted by molar-refractivity contribution is 5.37. The summed E-state index contributed by atoms with van der Waals surface area (Å²) in [6.07, 6.45) is -5.36. The van der Waals surface area contributed by atoms with Gasteiger partial charge in [-0.1, -0.05) is 18.2 Å². The van der Waals surface area contributed by atoms with E-state index in [0.717, 1.165) is 25.1 Å². The van der Waals surface area contributed by atoms with Crippen molar-refractivity contribution in [2.75, 3.05) is 0 Å². The van der Waals surface area contributed by atoms with E-state index in [9.17, 15) is 35.1 Å². The van der Waals surface area contributed by atoms with Crippen LogP contribution in [0.2, 0.25) is 0 Å². The minimum Gasteiger partial charge on any atom is -0.429 e. The molecular formula is C17H14F8O. The van der Waals surface area contributed by atoms with Crippen molar-refractivity contribution in [2.45, 2.75) is 44.6 Å². The lowest BCUT2D eigenvalue weighted by Gasteiger charge is -2.32. The molecule has 0 heterocycles. The number of halogens is 8. The molecule has 0 amide bonds. The molecular weight excluding hydrogens is 372 g/mol. The number of alkyl halides is 6. The molecule has 1 aromatic carbocycles. The number of allylic oxidation sites excluding steroid dienone is 4. The second-order valence-corrected chi connectivity index (χ2v) is 5.94. The molecule has 1 aliphatic rings. The minimum atomic E-state index is -4.64. The molecule has 0 spiro atoms. The van der Waals surface area contributed by atoms with Crippen molar-refractivity contribution in [3.05, 3.63) is 52.6 Å². The summed E-state index contributed by atoms with van der Waals surface area (Å²) in [7, 11) is 0. The maximum atomic E-state index is 13.8. The standard InChI is InChI=1S/C17H14F8O/c1-9-3-6-12(14(19)13(9)18)26-15(20,21)8-7-11-5-4-10(2)16(22,23)17(11,24)25/h3-6H,7-8H2,1-2H3. The van der Waals surface area contributed by atoms with Crippen molar-refractivity contribution in [1.29, 1.82) is 0 Å². The third kappa shape index (κ3) is 3.57. The van der Waals surface area contributed by atoms with Crippen LogP contribution in [0.3, 0.4) is 0 Å². The van der Waals surface area contributed by atoms with Crippen molar-refractivity contribution < 1.29 is 39.9 Å². The predicted molar refractivity (Wildman–Crippen MR) is 77.6 cm³/mol. The summed E-state index contributed by atoms with van der Waals surface area (Å²) in [5, 5.41) is 0. The Hall–Kier alpha value is -2.06. The van der Waals surface area contributed by atoms with Gasteiger partial charge in [-0.15, -0.1) is 0 Å². The van der Waals surface area contributed by atoms with Gasteiger partial charge in [-0.25, -0.2) is 4.39 Å². The van der Waals surface area contributed by atoms with Gasteiger partial charge >= 0.3 is 18.0 Å². The largest absolute Gasteiger partial charge is 0.429 e. The fraction of sp³-hybridized carbons (Fsp3) is 0.412. The van der Waals surface area contributed by atoms with E-state index in [-0.39, 0.29) is 5.56 Å². The molecule has 144 valence electrons. The highest BCUT2D eigenvalue weighted by atomic mass is 19.3. The minimum absolute atomic E-state index is 0.144. The summed E-state index contributed by atoms with van der Waals surface area (Å²) in [5.74, 6) is -13.3. The van der Waals surface area contributed by atoms with Crippen LogP contribution in [0.25, 0.3) is 0 Å². The van der Waals surface area contributed by atoms with Crippen LogP contribution in [0.15, 0.2) is 35.4 Å². The smallest absolute Gasteiger partial charge is 0.398 e. The molecule has 26 heavy (non-hydrogen) atoms. The number of ether oxygens (including phenoxy) is 1. The van der Waals surface area contributed by atoms with Gasteiger partial charge in [0.1, 0.15) is 0 Å². The Morgan fingerprint density at radius 3 is 2.15 bits per heavy atom. The summed E-state index contributed by atoms with van der Waals surface area (Å²) < 4.78 is 113. The Balaban J connectivity index is 2.15. The van der Waals surface area contributed by atoms with E-state index in [4.69, 9.17) is 0 Å². The van der Waals surface area contributed by atoms with Gasteiger partial charge in [0, 0.05) is 11.1 Å². The zero-order chi connectivity index (χ0) is 19.9. The van der Waals surface area contributed by atoms with E-state index >= 15 is 0 Å². The third-order valence-corrected chi connectivity index (χ3v) is 4.01. The molecule has 0 saturated heterocycles. The van der Waals surface area contributed by atoms with Crippen molar-refractivity contribution >= 4 is 0 Å². The number of benzene rings is 1. The normalized spacial score (nSPS) is 19.0. The SMILES string of the molecule is CC1=CC=C(CCC(F)(F)Oc2ccc(C)c(F)c2F)C(F)(F)C1(F)F. The summed E-state index contributed by atoms with van der Waals surface area (Å²) in [6.45, 7) is 2.00. The molecule has 0 unspecified atom stereocenters. The lowest BCUT2D eigenvalue weighted by atomic mass is 9.88. The Morgan fingerprint density at radius 1 is 0.923 bits per heavy atom. The van der Waals surface area contributed by atoms with Crippen LogP contribution in [-0.4, -0.2) is 18.0 Å². The molecule has 0 atom stereocenters. The lowest BCUT2D eigenvalue weighted by molar-refractivity contribution is -0.188. The van der Waals surface area contributed by atoms with E-state index in [2.05, 4.69) is 4.74 Å². The van der Waals surface area contributed by atoms with Crippen LogP contribution in [0.1, 0.15) is 25.3 Å². The molecule has 0 aromatic heterocycles. The van der Waals surface area contributed by atoms with Gasteiger partial charge in [-0.2, -0.15) is 30.7 Å². The monoisotopic (exact) mass is 386 g/mol. The van der Waals surface area contributed by atoms with Crippen LogP contribution in [0.5, 0.6) is 5.75 Å². The predicted octanol–water partition coefficient (Wildman–Crippen LogP) is 6.18. The van der Waals surface area contributed by atoms with Crippen molar-refractivity contribution in [3.63, 3.8) is 0 Å². The van der Waals surface area contributed by atoms with E-state index in [1.165, 1.54) is 6.92 Å². The van der Waals surface area contributed by atoms with Gasteiger partial charge in [0.25, 0.3) is 0 Å². The van der Waals surface area contributed by atoms with Crippen molar-refractivity contribution in [2.24, 2.45) is 0 Å². The van der Waals surface area contributed by atoms with Crippen molar-refractivity contribution in [3.8, 4) is 5.75 Å². The summed E-state index contributed by atoms with van der Waals surface area (Å²) in [5.41, 5.74) is -2.24. The quantitative estimate of drug-likeness (QED) is 0.549. The average molecular weight is 386 g/mol. The maximum Gasteiger partial charge on any atom is 0.398 e. The van der Waals surface area contributed by atoms with Crippen LogP contribution in [-0.2, 0) is 0 Å². The topological polar surface area (TPSA) is 9.23 Å². The first-order chi connectivity index (χ1) is 11.8. The highest BCUT2D eigenvalue weighted by Gasteiger charge is 2.60. The van der Waals surface area contributed by atoms with Gasteiger partial charge in [-0.05, 0) is 31.9 Å². The van der Waals surface area contributed by atoms with Gasteiger partial charge < -0.3 is 4.74 Å². The molecule has 0 saturated carbocycles. The van der Waals surface area contributed by atoms with Gasteiger partial charge in [-0.3, -0.25) is 0 Å². The number of hydrogen-bond acceptors (Lipinski definition) is 1. The van der Waals surface area contributed by atoms with Crippen LogP contribution in [0, 0.1) is 18.6 Å². The van der Waals surface area contributed by atoms with Crippen LogP contribution in [0.4, 0.5) is 35.1 Å². The molecule has 0 radical (unpaired) electrons. The first kappa shape index (κ1) is 20.3. The molecule has 1 aliphatic carbocycles. The first-order valence-electron chi connectivity index (χ1n) is 7.45. The molecule has 0 N–H and O–H groups in total.